The maximum atomic E-state index is 13.4. The molecule has 1 unspecified atom stereocenters. The van der Waals surface area contributed by atoms with E-state index in [-0.39, 0.29) is 31.4 Å². The van der Waals surface area contributed by atoms with Gasteiger partial charge in [0.05, 0.1) is 13.0 Å². The molecule has 6 heteroatoms. The van der Waals surface area contributed by atoms with Crippen LogP contribution in [0.4, 0.5) is 0 Å². The first kappa shape index (κ1) is 22.3. The fraction of sp³-hybridized carbons (Fsp3) is 0.417. The summed E-state index contributed by atoms with van der Waals surface area (Å²) in [4.78, 5) is 29.7. The molecule has 2 aromatic carbocycles. The van der Waals surface area contributed by atoms with Crippen LogP contribution >= 0.6 is 11.6 Å². The van der Waals surface area contributed by atoms with E-state index in [1.54, 1.807) is 21.9 Å². The molecule has 1 heterocycles. The van der Waals surface area contributed by atoms with Crippen LogP contribution in [0.3, 0.4) is 0 Å². The largest absolute Gasteiger partial charge is 0.395 e. The Morgan fingerprint density at radius 1 is 1.10 bits per heavy atom. The van der Waals surface area contributed by atoms with Gasteiger partial charge < -0.3 is 14.9 Å². The zero-order chi connectivity index (χ0) is 21.9. The van der Waals surface area contributed by atoms with E-state index in [0.29, 0.717) is 24.5 Å². The van der Waals surface area contributed by atoms with Gasteiger partial charge >= 0.3 is 0 Å². The third-order valence-corrected chi connectivity index (χ3v) is 6.01. The van der Waals surface area contributed by atoms with Crippen molar-refractivity contribution in [3.8, 4) is 0 Å². The van der Waals surface area contributed by atoms with Gasteiger partial charge in [0.2, 0.25) is 11.8 Å². The van der Waals surface area contributed by atoms with Gasteiger partial charge in [-0.3, -0.25) is 9.59 Å². The number of aliphatic hydroxyl groups excluding tert-OH is 1. The number of aryl methyl sites for hydroxylation is 2. The number of amides is 2. The van der Waals surface area contributed by atoms with E-state index >= 15 is 0 Å². The minimum atomic E-state index is -0.877. The smallest absolute Gasteiger partial charge is 0.248 e. The van der Waals surface area contributed by atoms with Crippen LogP contribution in [0, 0.1) is 13.8 Å². The second-order valence-corrected chi connectivity index (χ2v) is 8.76. The summed E-state index contributed by atoms with van der Waals surface area (Å²) in [7, 11) is 0. The highest BCUT2D eigenvalue weighted by molar-refractivity contribution is 6.30. The lowest BCUT2D eigenvalue weighted by Gasteiger charge is -2.51. The molecule has 1 atom stereocenters. The predicted molar refractivity (Wildman–Crippen MR) is 118 cm³/mol. The molecule has 0 radical (unpaired) electrons. The summed E-state index contributed by atoms with van der Waals surface area (Å²) in [6.07, 6.45) is 0.898. The molecule has 1 saturated heterocycles. The third kappa shape index (κ3) is 4.85. The first-order valence-corrected chi connectivity index (χ1v) is 10.6. The molecule has 1 aliphatic heterocycles. The normalized spacial score (nSPS) is 18.1. The average molecular weight is 429 g/mol. The van der Waals surface area contributed by atoms with Crippen LogP contribution in [0.5, 0.6) is 0 Å². The highest BCUT2D eigenvalue weighted by Crippen LogP contribution is 2.33. The molecule has 30 heavy (non-hydrogen) atoms. The lowest BCUT2D eigenvalue weighted by atomic mass is 9.84. The number of hydrogen-bond acceptors (Lipinski definition) is 3. The van der Waals surface area contributed by atoms with E-state index in [0.717, 1.165) is 22.3 Å². The van der Waals surface area contributed by atoms with Crippen molar-refractivity contribution >= 4 is 23.4 Å². The van der Waals surface area contributed by atoms with E-state index in [1.165, 1.54) is 0 Å². The number of halogens is 1. The number of carbonyl (C=O) groups excluding carboxylic acids is 2. The van der Waals surface area contributed by atoms with Crippen molar-refractivity contribution in [1.82, 2.24) is 9.80 Å². The molecule has 0 bridgehead atoms. The zero-order valence-corrected chi connectivity index (χ0v) is 18.6. The van der Waals surface area contributed by atoms with Gasteiger partial charge in [-0.05, 0) is 50.5 Å². The average Bonchev–Trinajstić information content (AvgIpc) is 2.66. The van der Waals surface area contributed by atoms with E-state index in [2.05, 4.69) is 6.07 Å². The summed E-state index contributed by atoms with van der Waals surface area (Å²) >= 11 is 5.95. The van der Waals surface area contributed by atoms with Crippen molar-refractivity contribution in [2.75, 3.05) is 19.7 Å². The fourth-order valence-corrected chi connectivity index (χ4v) is 4.27. The first-order valence-electron chi connectivity index (χ1n) is 10.3. The number of carbonyl (C=O) groups is 2. The molecule has 0 spiro atoms. The summed E-state index contributed by atoms with van der Waals surface area (Å²) in [5, 5.41) is 10.1. The minimum Gasteiger partial charge on any atom is -0.395 e. The Bertz CT molecular complexity index is 908. The molecule has 0 aliphatic carbocycles. The SMILES string of the molecule is Cc1cc(C)cc(CC(=O)N2CCC2(C)C(=O)N(CCO)Cc2ccc(Cl)cc2)c1. The monoisotopic (exact) mass is 428 g/mol. The molecule has 1 fully saturated rings. The zero-order valence-electron chi connectivity index (χ0n) is 17.8. The Labute approximate surface area is 183 Å². The number of nitrogens with zero attached hydrogens (tertiary/aromatic N) is 2. The standard InChI is InChI=1S/C24H29ClN2O3/c1-17-12-18(2)14-20(13-17)15-22(29)27-9-8-24(27,3)23(30)26(10-11-28)16-19-4-6-21(25)7-5-19/h4-7,12-14,28H,8-11,15-16H2,1-3H3. The van der Waals surface area contributed by atoms with Crippen LogP contribution in [0.2, 0.25) is 5.02 Å². The first-order chi connectivity index (χ1) is 14.2. The van der Waals surface area contributed by atoms with Crippen LogP contribution in [-0.2, 0) is 22.6 Å². The van der Waals surface area contributed by atoms with E-state index in [1.807, 2.05) is 45.0 Å². The maximum absolute atomic E-state index is 13.4. The summed E-state index contributed by atoms with van der Waals surface area (Å²) in [6, 6.07) is 13.4. The lowest BCUT2D eigenvalue weighted by Crippen LogP contribution is -2.68. The number of benzene rings is 2. The van der Waals surface area contributed by atoms with Crippen LogP contribution in [0.15, 0.2) is 42.5 Å². The van der Waals surface area contributed by atoms with Gasteiger partial charge in [-0.15, -0.1) is 0 Å². The molecule has 0 saturated carbocycles. The van der Waals surface area contributed by atoms with Crippen molar-refractivity contribution in [2.24, 2.45) is 0 Å². The fourth-order valence-electron chi connectivity index (χ4n) is 4.15. The predicted octanol–water partition coefficient (Wildman–Crippen LogP) is 3.51. The van der Waals surface area contributed by atoms with Gasteiger partial charge in [-0.25, -0.2) is 0 Å². The van der Waals surface area contributed by atoms with Gasteiger partial charge in [-0.1, -0.05) is 53.1 Å². The second-order valence-electron chi connectivity index (χ2n) is 8.32. The molecule has 5 nitrogen and oxygen atoms in total. The lowest BCUT2D eigenvalue weighted by molar-refractivity contribution is -0.164. The van der Waals surface area contributed by atoms with Crippen LogP contribution in [0.1, 0.15) is 35.6 Å². The summed E-state index contributed by atoms with van der Waals surface area (Å²) in [5.74, 6) is -0.177. The van der Waals surface area contributed by atoms with Gasteiger partial charge in [-0.2, -0.15) is 0 Å². The van der Waals surface area contributed by atoms with Crippen LogP contribution < -0.4 is 0 Å². The van der Waals surface area contributed by atoms with Crippen molar-refractivity contribution in [2.45, 2.75) is 45.7 Å². The number of hydrogen-bond donors (Lipinski definition) is 1. The summed E-state index contributed by atoms with van der Waals surface area (Å²) in [6.45, 7) is 6.88. The van der Waals surface area contributed by atoms with Gasteiger partial charge in [0, 0.05) is 24.7 Å². The summed E-state index contributed by atoms with van der Waals surface area (Å²) in [5.41, 5.74) is 3.26. The van der Waals surface area contributed by atoms with E-state index in [4.69, 9.17) is 11.6 Å². The van der Waals surface area contributed by atoms with Crippen LogP contribution in [0.25, 0.3) is 0 Å². The van der Waals surface area contributed by atoms with Crippen molar-refractivity contribution in [1.29, 1.82) is 0 Å². The Morgan fingerprint density at radius 2 is 1.73 bits per heavy atom. The Morgan fingerprint density at radius 3 is 2.27 bits per heavy atom. The minimum absolute atomic E-state index is 0.0439. The molecule has 1 aliphatic rings. The second kappa shape index (κ2) is 9.19. The van der Waals surface area contributed by atoms with Gasteiger partial charge in [0.15, 0.2) is 0 Å². The van der Waals surface area contributed by atoms with Gasteiger partial charge in [0.1, 0.15) is 5.54 Å². The number of rotatable bonds is 7. The Hall–Kier alpha value is -2.37. The number of aliphatic hydroxyl groups is 1. The molecule has 160 valence electrons. The van der Waals surface area contributed by atoms with E-state index in [9.17, 15) is 14.7 Å². The van der Waals surface area contributed by atoms with Gasteiger partial charge in [0.25, 0.3) is 0 Å². The van der Waals surface area contributed by atoms with Crippen molar-refractivity contribution < 1.29 is 14.7 Å². The molecule has 2 aromatic rings. The number of likely N-dealkylation sites (tertiary alicyclic amines) is 1. The summed E-state index contributed by atoms with van der Waals surface area (Å²) < 4.78 is 0. The third-order valence-electron chi connectivity index (χ3n) is 5.76. The topological polar surface area (TPSA) is 60.9 Å². The highest BCUT2D eigenvalue weighted by atomic mass is 35.5. The van der Waals surface area contributed by atoms with Crippen molar-refractivity contribution in [3.05, 3.63) is 69.7 Å². The maximum Gasteiger partial charge on any atom is 0.248 e. The molecule has 2 amide bonds. The Balaban J connectivity index is 1.73. The Kier molecular flexibility index (Phi) is 6.84. The molecular formula is C24H29ClN2O3. The quantitative estimate of drug-likeness (QED) is 0.734. The van der Waals surface area contributed by atoms with Crippen molar-refractivity contribution in [3.63, 3.8) is 0 Å². The molecule has 3 rings (SSSR count). The van der Waals surface area contributed by atoms with Crippen LogP contribution in [-0.4, -0.2) is 52.0 Å². The molecule has 1 N–H and O–H groups in total. The molecular weight excluding hydrogens is 400 g/mol. The highest BCUT2D eigenvalue weighted by Gasteiger charge is 2.50. The van der Waals surface area contributed by atoms with E-state index < -0.39 is 5.54 Å². The molecule has 0 aromatic heterocycles.